The van der Waals surface area contributed by atoms with E-state index in [0.29, 0.717) is 0 Å². The zero-order valence-electron chi connectivity index (χ0n) is 6.05. The molecule has 0 saturated heterocycles. The lowest BCUT2D eigenvalue weighted by Gasteiger charge is -2.02. The summed E-state index contributed by atoms with van der Waals surface area (Å²) in [4.78, 5) is 0. The van der Waals surface area contributed by atoms with E-state index in [4.69, 9.17) is 0 Å². The Morgan fingerprint density at radius 3 is 2.91 bits per heavy atom. The average Bonchev–Trinajstić information content (AvgIpc) is 2.01. The van der Waals surface area contributed by atoms with Crippen molar-refractivity contribution in [2.24, 2.45) is 0 Å². The first kappa shape index (κ1) is 8.40. The monoisotopic (exact) mass is 171 g/mol. The van der Waals surface area contributed by atoms with Crippen LogP contribution < -0.4 is 5.32 Å². The second kappa shape index (κ2) is 4.23. The lowest BCUT2D eigenvalue weighted by atomic mass is 10.3. The SMILES string of the molecule is Fc1cccc(NCCS)c1. The van der Waals surface area contributed by atoms with E-state index in [1.165, 1.54) is 12.1 Å². The molecule has 3 heteroatoms. The fourth-order valence-electron chi connectivity index (χ4n) is 0.799. The fraction of sp³-hybridized carbons (Fsp3) is 0.250. The molecule has 1 aromatic rings. The summed E-state index contributed by atoms with van der Waals surface area (Å²) in [5.41, 5.74) is 0.805. The molecule has 1 nitrogen and oxygen atoms in total. The molecule has 1 aromatic carbocycles. The van der Waals surface area contributed by atoms with Crippen LogP contribution in [0.4, 0.5) is 10.1 Å². The zero-order valence-corrected chi connectivity index (χ0v) is 6.94. The molecule has 0 fully saturated rings. The Hall–Kier alpha value is -0.700. The summed E-state index contributed by atoms with van der Waals surface area (Å²) >= 11 is 4.02. The summed E-state index contributed by atoms with van der Waals surface area (Å²) in [5, 5.41) is 3.02. The molecule has 0 aliphatic rings. The van der Waals surface area contributed by atoms with E-state index in [9.17, 15) is 4.39 Å². The van der Waals surface area contributed by atoms with Gasteiger partial charge in [0.15, 0.2) is 0 Å². The van der Waals surface area contributed by atoms with Crippen molar-refractivity contribution in [1.82, 2.24) is 0 Å². The van der Waals surface area contributed by atoms with Gasteiger partial charge in [0, 0.05) is 18.0 Å². The van der Waals surface area contributed by atoms with Crippen molar-refractivity contribution in [2.45, 2.75) is 0 Å². The number of hydrogen-bond donors (Lipinski definition) is 2. The minimum Gasteiger partial charge on any atom is -0.384 e. The molecule has 1 N–H and O–H groups in total. The van der Waals surface area contributed by atoms with Crippen LogP contribution in [0.3, 0.4) is 0 Å². The molecule has 0 amide bonds. The van der Waals surface area contributed by atoms with Crippen LogP contribution in [-0.4, -0.2) is 12.3 Å². The second-order valence-electron chi connectivity index (χ2n) is 2.16. The van der Waals surface area contributed by atoms with Gasteiger partial charge in [-0.05, 0) is 18.2 Å². The first-order valence-electron chi connectivity index (χ1n) is 3.43. The summed E-state index contributed by atoms with van der Waals surface area (Å²) < 4.78 is 12.5. The average molecular weight is 171 g/mol. The lowest BCUT2D eigenvalue weighted by Crippen LogP contribution is -2.02. The second-order valence-corrected chi connectivity index (χ2v) is 2.61. The smallest absolute Gasteiger partial charge is 0.125 e. The molecule has 0 radical (unpaired) electrons. The highest BCUT2D eigenvalue weighted by Gasteiger charge is 1.91. The van der Waals surface area contributed by atoms with E-state index < -0.39 is 0 Å². The summed E-state index contributed by atoms with van der Waals surface area (Å²) in [5.74, 6) is 0.533. The maximum atomic E-state index is 12.5. The Bertz CT molecular complexity index is 227. The van der Waals surface area contributed by atoms with Gasteiger partial charge in [-0.25, -0.2) is 4.39 Å². The molecule has 60 valence electrons. The molecule has 0 aliphatic heterocycles. The molecule has 0 spiro atoms. The molecule has 11 heavy (non-hydrogen) atoms. The molecule has 0 saturated carbocycles. The van der Waals surface area contributed by atoms with Gasteiger partial charge in [-0.1, -0.05) is 6.07 Å². The number of hydrogen-bond acceptors (Lipinski definition) is 2. The number of nitrogens with one attached hydrogen (secondary N) is 1. The van der Waals surface area contributed by atoms with Crippen LogP contribution in [0.15, 0.2) is 24.3 Å². The third-order valence-electron chi connectivity index (χ3n) is 1.27. The summed E-state index contributed by atoms with van der Waals surface area (Å²) in [7, 11) is 0. The van der Waals surface area contributed by atoms with Gasteiger partial charge in [-0.2, -0.15) is 12.6 Å². The minimum atomic E-state index is -0.214. The Labute approximate surface area is 71.0 Å². The van der Waals surface area contributed by atoms with Crippen LogP contribution in [-0.2, 0) is 0 Å². The van der Waals surface area contributed by atoms with Crippen molar-refractivity contribution in [3.8, 4) is 0 Å². The van der Waals surface area contributed by atoms with Gasteiger partial charge in [0.2, 0.25) is 0 Å². The number of anilines is 1. The Morgan fingerprint density at radius 1 is 1.45 bits per heavy atom. The summed E-state index contributed by atoms with van der Waals surface area (Å²) in [6.07, 6.45) is 0. The van der Waals surface area contributed by atoms with E-state index in [2.05, 4.69) is 17.9 Å². The quantitative estimate of drug-likeness (QED) is 0.664. The van der Waals surface area contributed by atoms with Crippen LogP contribution in [0.2, 0.25) is 0 Å². The standard InChI is InChI=1S/C8H10FNS/c9-7-2-1-3-8(6-7)10-4-5-11/h1-3,6,10-11H,4-5H2. The topological polar surface area (TPSA) is 12.0 Å². The number of benzene rings is 1. The van der Waals surface area contributed by atoms with E-state index in [1.54, 1.807) is 6.07 Å². The lowest BCUT2D eigenvalue weighted by molar-refractivity contribution is 0.628. The third-order valence-corrected chi connectivity index (χ3v) is 1.49. The first-order valence-corrected chi connectivity index (χ1v) is 4.06. The molecule has 0 unspecified atom stereocenters. The minimum absolute atomic E-state index is 0.214. The predicted molar refractivity (Wildman–Crippen MR) is 48.7 cm³/mol. The molecule has 0 aromatic heterocycles. The number of rotatable bonds is 3. The third kappa shape index (κ3) is 2.80. The van der Waals surface area contributed by atoms with E-state index in [-0.39, 0.29) is 5.82 Å². The van der Waals surface area contributed by atoms with Gasteiger partial charge >= 0.3 is 0 Å². The normalized spacial score (nSPS) is 9.64. The molecule has 0 bridgehead atoms. The first-order chi connectivity index (χ1) is 5.33. The summed E-state index contributed by atoms with van der Waals surface area (Å²) in [6.45, 7) is 0.757. The Morgan fingerprint density at radius 2 is 2.27 bits per heavy atom. The molecule has 1 rings (SSSR count). The van der Waals surface area contributed by atoms with Gasteiger partial charge < -0.3 is 5.32 Å². The van der Waals surface area contributed by atoms with Gasteiger partial charge in [0.05, 0.1) is 0 Å². The van der Waals surface area contributed by atoms with Crippen LogP contribution in [0.5, 0.6) is 0 Å². The molecule has 0 atom stereocenters. The van der Waals surface area contributed by atoms with Gasteiger partial charge in [-0.15, -0.1) is 0 Å². The predicted octanol–water partition coefficient (Wildman–Crippen LogP) is 2.17. The maximum absolute atomic E-state index is 12.5. The molecule has 0 heterocycles. The van der Waals surface area contributed by atoms with E-state index >= 15 is 0 Å². The molecule has 0 aliphatic carbocycles. The zero-order chi connectivity index (χ0) is 8.10. The largest absolute Gasteiger partial charge is 0.384 e. The highest BCUT2D eigenvalue weighted by molar-refractivity contribution is 7.80. The van der Waals surface area contributed by atoms with Crippen molar-refractivity contribution < 1.29 is 4.39 Å². The fourth-order valence-corrected chi connectivity index (χ4v) is 0.910. The molecular formula is C8H10FNS. The summed E-state index contributed by atoms with van der Waals surface area (Å²) in [6, 6.07) is 6.39. The van der Waals surface area contributed by atoms with Gasteiger partial charge in [0.1, 0.15) is 5.82 Å². The van der Waals surface area contributed by atoms with Crippen LogP contribution in [0.25, 0.3) is 0 Å². The van der Waals surface area contributed by atoms with Gasteiger partial charge in [0.25, 0.3) is 0 Å². The van der Waals surface area contributed by atoms with E-state index in [1.807, 2.05) is 6.07 Å². The van der Waals surface area contributed by atoms with Crippen molar-refractivity contribution in [2.75, 3.05) is 17.6 Å². The van der Waals surface area contributed by atoms with Crippen LogP contribution in [0.1, 0.15) is 0 Å². The van der Waals surface area contributed by atoms with E-state index in [0.717, 1.165) is 18.0 Å². The van der Waals surface area contributed by atoms with Crippen molar-refractivity contribution in [3.05, 3.63) is 30.1 Å². The highest BCUT2D eigenvalue weighted by atomic mass is 32.1. The van der Waals surface area contributed by atoms with Crippen molar-refractivity contribution in [1.29, 1.82) is 0 Å². The van der Waals surface area contributed by atoms with Crippen molar-refractivity contribution >= 4 is 18.3 Å². The Kier molecular flexibility index (Phi) is 3.23. The van der Waals surface area contributed by atoms with Crippen LogP contribution >= 0.6 is 12.6 Å². The highest BCUT2D eigenvalue weighted by Crippen LogP contribution is 2.08. The number of halogens is 1. The molecular weight excluding hydrogens is 161 g/mol. The van der Waals surface area contributed by atoms with Gasteiger partial charge in [-0.3, -0.25) is 0 Å². The van der Waals surface area contributed by atoms with Crippen molar-refractivity contribution in [3.63, 3.8) is 0 Å². The van der Waals surface area contributed by atoms with Crippen LogP contribution in [0, 0.1) is 5.82 Å². The number of thiol groups is 1. The maximum Gasteiger partial charge on any atom is 0.125 e. The Balaban J connectivity index is 2.56.